The topological polar surface area (TPSA) is 152 Å². The summed E-state index contributed by atoms with van der Waals surface area (Å²) in [5.41, 5.74) is -0.799. The number of nitrogens with zero attached hydrogens (tertiary/aromatic N) is 1. The molecule has 194 valence electrons. The van der Waals surface area contributed by atoms with Gasteiger partial charge in [-0.2, -0.15) is 0 Å². The molecular formula is C28H18BrN3O7. The van der Waals surface area contributed by atoms with Crippen LogP contribution in [0.4, 0.5) is 5.69 Å². The van der Waals surface area contributed by atoms with Gasteiger partial charge in [0.05, 0.1) is 23.2 Å². The minimum absolute atomic E-state index is 0.0246. The number of fused-ring (bicyclic) bond motifs is 4. The van der Waals surface area contributed by atoms with E-state index >= 15 is 0 Å². The Balaban J connectivity index is 1.59. The minimum atomic E-state index is -1.97. The molecule has 10 nitrogen and oxygen atoms in total. The van der Waals surface area contributed by atoms with E-state index in [1.54, 1.807) is 30.3 Å². The number of ether oxygens (including phenoxy) is 1. The average Bonchev–Trinajstić information content (AvgIpc) is 2.93. The van der Waals surface area contributed by atoms with Crippen molar-refractivity contribution in [1.29, 1.82) is 0 Å². The Bertz CT molecular complexity index is 1780. The lowest BCUT2D eigenvalue weighted by Crippen LogP contribution is -2.37. The van der Waals surface area contributed by atoms with E-state index in [-0.39, 0.29) is 45.6 Å². The number of anilines is 1. The van der Waals surface area contributed by atoms with E-state index in [1.807, 2.05) is 0 Å². The van der Waals surface area contributed by atoms with Crippen LogP contribution in [0.25, 0.3) is 11.0 Å². The molecule has 0 radical (unpaired) electrons. The third-order valence-corrected chi connectivity index (χ3v) is 6.70. The Kier molecular flexibility index (Phi) is 6.75. The van der Waals surface area contributed by atoms with Crippen LogP contribution in [0.15, 0.2) is 69.9 Å². The highest BCUT2D eigenvalue weighted by Crippen LogP contribution is 2.31. The van der Waals surface area contributed by atoms with Gasteiger partial charge in [-0.05, 0) is 43.3 Å². The fourth-order valence-electron chi connectivity index (χ4n) is 4.37. The van der Waals surface area contributed by atoms with Crippen molar-refractivity contribution in [2.24, 2.45) is 0 Å². The lowest BCUT2D eigenvalue weighted by molar-refractivity contribution is -0.150. The molecule has 1 atom stereocenters. The molecule has 0 saturated heterocycles. The third-order valence-electron chi connectivity index (χ3n) is 6.17. The maximum atomic E-state index is 13.3. The van der Waals surface area contributed by atoms with Gasteiger partial charge in [-0.15, -0.1) is 0 Å². The predicted molar refractivity (Wildman–Crippen MR) is 143 cm³/mol. The van der Waals surface area contributed by atoms with E-state index in [0.717, 1.165) is 4.47 Å². The molecule has 4 aromatic rings. The first-order chi connectivity index (χ1) is 18.7. The van der Waals surface area contributed by atoms with E-state index in [9.17, 15) is 28.8 Å². The second kappa shape index (κ2) is 10.2. The van der Waals surface area contributed by atoms with Gasteiger partial charge in [-0.3, -0.25) is 28.8 Å². The zero-order valence-corrected chi connectivity index (χ0v) is 21.8. The zero-order valence-electron chi connectivity index (χ0n) is 20.2. The van der Waals surface area contributed by atoms with E-state index in [1.165, 1.54) is 37.3 Å². The average molecular weight is 588 g/mol. The van der Waals surface area contributed by atoms with Gasteiger partial charge in [-0.25, -0.2) is 4.98 Å². The molecule has 0 unspecified atom stereocenters. The van der Waals surface area contributed by atoms with Gasteiger partial charge in [0, 0.05) is 26.9 Å². The highest BCUT2D eigenvalue weighted by Gasteiger charge is 2.39. The lowest BCUT2D eigenvalue weighted by Gasteiger charge is -2.19. The Morgan fingerprint density at radius 2 is 1.59 bits per heavy atom. The maximum Gasteiger partial charge on any atom is 0.323 e. The first-order valence-corrected chi connectivity index (χ1v) is 12.5. The highest BCUT2D eigenvalue weighted by atomic mass is 79.9. The lowest BCUT2D eigenvalue weighted by atomic mass is 9.83. The van der Waals surface area contributed by atoms with E-state index < -0.39 is 46.4 Å². The summed E-state index contributed by atoms with van der Waals surface area (Å²) in [5.74, 6) is -6.39. The number of Topliss-reactive ketones (excluding diaryl/α,β-unsaturated/α-hetero) is 1. The molecular weight excluding hydrogens is 570 g/mol. The highest BCUT2D eigenvalue weighted by molar-refractivity contribution is 9.10. The van der Waals surface area contributed by atoms with Crippen LogP contribution in [-0.2, 0) is 19.1 Å². The summed E-state index contributed by atoms with van der Waals surface area (Å²) in [6.45, 7) is 1.39. The van der Waals surface area contributed by atoms with E-state index in [0.29, 0.717) is 0 Å². The molecule has 3 aromatic carbocycles. The monoisotopic (exact) mass is 587 g/mol. The molecule has 1 aliphatic carbocycles. The number of halogens is 1. The molecule has 1 aromatic heterocycles. The van der Waals surface area contributed by atoms with Gasteiger partial charge in [0.15, 0.2) is 17.5 Å². The van der Waals surface area contributed by atoms with Crippen molar-refractivity contribution < 1.29 is 28.7 Å². The number of carbonyl (C=O) groups excluding carboxylic acids is 5. The number of hydrogen-bond acceptors (Lipinski definition) is 8. The number of rotatable bonds is 6. The van der Waals surface area contributed by atoms with Crippen molar-refractivity contribution in [2.75, 3.05) is 11.9 Å². The van der Waals surface area contributed by atoms with E-state index in [2.05, 4.69) is 31.2 Å². The van der Waals surface area contributed by atoms with Crippen LogP contribution in [0, 0.1) is 0 Å². The van der Waals surface area contributed by atoms with Crippen LogP contribution in [0.1, 0.15) is 50.4 Å². The molecule has 0 bridgehead atoms. The van der Waals surface area contributed by atoms with Gasteiger partial charge in [0.1, 0.15) is 5.69 Å². The van der Waals surface area contributed by atoms with Gasteiger partial charge in [0.25, 0.3) is 11.5 Å². The van der Waals surface area contributed by atoms with E-state index in [4.69, 9.17) is 4.74 Å². The number of benzene rings is 3. The summed E-state index contributed by atoms with van der Waals surface area (Å²) in [5, 5.41) is 2.39. The van der Waals surface area contributed by atoms with Crippen LogP contribution < -0.4 is 10.9 Å². The fourth-order valence-corrected chi connectivity index (χ4v) is 4.64. The summed E-state index contributed by atoms with van der Waals surface area (Å²) in [7, 11) is 0. The maximum absolute atomic E-state index is 13.3. The molecule has 11 heteroatoms. The van der Waals surface area contributed by atoms with Gasteiger partial charge >= 0.3 is 5.97 Å². The third kappa shape index (κ3) is 4.57. The molecule has 1 heterocycles. The second-order valence-corrected chi connectivity index (χ2v) is 9.46. The summed E-state index contributed by atoms with van der Waals surface area (Å²) in [4.78, 5) is 85.0. The molecule has 0 fully saturated rings. The van der Waals surface area contributed by atoms with Crippen LogP contribution in [0.5, 0.6) is 0 Å². The number of aromatic amines is 1. The fraction of sp³-hybridized carbons (Fsp3) is 0.107. The predicted octanol–water partition coefficient (Wildman–Crippen LogP) is 3.32. The zero-order chi connectivity index (χ0) is 27.8. The molecule has 1 aliphatic rings. The second-order valence-electron chi connectivity index (χ2n) is 8.55. The van der Waals surface area contributed by atoms with Gasteiger partial charge in [0.2, 0.25) is 5.78 Å². The summed E-state index contributed by atoms with van der Waals surface area (Å²) in [6, 6.07) is 15.5. The van der Waals surface area contributed by atoms with Crippen LogP contribution in [0.2, 0.25) is 0 Å². The Labute approximate surface area is 228 Å². The van der Waals surface area contributed by atoms with Crippen molar-refractivity contribution in [2.45, 2.75) is 12.8 Å². The molecule has 0 spiro atoms. The first-order valence-electron chi connectivity index (χ1n) is 11.7. The first kappa shape index (κ1) is 25.9. The Hall–Kier alpha value is -4.77. The minimum Gasteiger partial charge on any atom is -0.465 e. The van der Waals surface area contributed by atoms with Crippen molar-refractivity contribution in [3.8, 4) is 0 Å². The van der Waals surface area contributed by atoms with Crippen LogP contribution >= 0.6 is 15.9 Å². The number of carbonyl (C=O) groups is 5. The number of aromatic nitrogens is 2. The number of esters is 1. The van der Waals surface area contributed by atoms with Crippen molar-refractivity contribution in [3.05, 3.63) is 103 Å². The summed E-state index contributed by atoms with van der Waals surface area (Å²) < 4.78 is 5.73. The summed E-state index contributed by atoms with van der Waals surface area (Å²) in [6.07, 6.45) is 0. The van der Waals surface area contributed by atoms with Crippen LogP contribution in [0.3, 0.4) is 0 Å². The standard InChI is InChI=1S/C28H18BrN3O7/c1-2-39-28(38)20(25(35)27(37)30-14-9-7-13(29)8-10-14)22-26(36)32-21-18(31-22)12-11-17-19(21)24(34)16-6-4-3-5-15(16)23(17)33/h3-12,20H,2H2,1H3,(H,30,37)(H,32,36)/t20-/m1/s1. The molecule has 1 amide bonds. The molecule has 0 saturated carbocycles. The van der Waals surface area contributed by atoms with Crippen molar-refractivity contribution >= 4 is 61.9 Å². The number of hydrogen-bond donors (Lipinski definition) is 2. The SMILES string of the molecule is CCOC(=O)[C@@H](C(=O)C(=O)Nc1ccc(Br)cc1)c1nc2ccc3c(c2[nH]c1=O)C(=O)c1ccccc1C3=O. The largest absolute Gasteiger partial charge is 0.465 e. The van der Waals surface area contributed by atoms with Gasteiger partial charge < -0.3 is 15.0 Å². The number of amides is 1. The van der Waals surface area contributed by atoms with Crippen molar-refractivity contribution in [1.82, 2.24) is 9.97 Å². The summed E-state index contributed by atoms with van der Waals surface area (Å²) >= 11 is 3.27. The molecule has 2 N–H and O–H groups in total. The molecule has 0 aliphatic heterocycles. The quantitative estimate of drug-likeness (QED) is 0.174. The number of ketones is 3. The number of nitrogens with one attached hydrogen (secondary N) is 2. The number of H-pyrrole nitrogens is 1. The molecule has 5 rings (SSSR count). The Morgan fingerprint density at radius 3 is 2.26 bits per heavy atom. The normalized spacial score (nSPS) is 12.9. The molecule has 39 heavy (non-hydrogen) atoms. The van der Waals surface area contributed by atoms with Crippen LogP contribution in [-0.4, -0.2) is 45.8 Å². The van der Waals surface area contributed by atoms with Gasteiger partial charge in [-0.1, -0.05) is 40.2 Å². The Morgan fingerprint density at radius 1 is 0.923 bits per heavy atom. The smallest absolute Gasteiger partial charge is 0.323 e. The van der Waals surface area contributed by atoms with Crippen molar-refractivity contribution in [3.63, 3.8) is 0 Å².